The number of rotatable bonds is 2. The zero-order valence-electron chi connectivity index (χ0n) is 9.31. The van der Waals surface area contributed by atoms with E-state index in [4.69, 9.17) is 5.11 Å². The van der Waals surface area contributed by atoms with Crippen molar-refractivity contribution >= 4 is 17.6 Å². The zero-order chi connectivity index (χ0) is 12.6. The molecule has 0 radical (unpaired) electrons. The molecule has 1 aromatic carbocycles. The van der Waals surface area contributed by atoms with Crippen molar-refractivity contribution in [1.29, 1.82) is 0 Å². The van der Waals surface area contributed by atoms with Crippen LogP contribution in [0.3, 0.4) is 0 Å². The molecule has 0 saturated carbocycles. The number of halogens is 1. The summed E-state index contributed by atoms with van der Waals surface area (Å²) in [5, 5.41) is 8.80. The van der Waals surface area contributed by atoms with E-state index in [9.17, 15) is 14.0 Å². The molecule has 1 aliphatic rings. The molecule has 5 heteroatoms. The SMILES string of the molecule is CN1C(=O)CC(CC(=O)O)c2ccc(F)cc21. The molecule has 1 unspecified atom stereocenters. The predicted molar refractivity (Wildman–Crippen MR) is 59.4 cm³/mol. The Balaban J connectivity index is 2.45. The number of carboxylic acids is 1. The van der Waals surface area contributed by atoms with Crippen LogP contribution in [0.25, 0.3) is 0 Å². The summed E-state index contributed by atoms with van der Waals surface area (Å²) in [6.45, 7) is 0. The highest BCUT2D eigenvalue weighted by molar-refractivity contribution is 5.97. The Bertz CT molecular complexity index is 487. The van der Waals surface area contributed by atoms with E-state index < -0.39 is 11.8 Å². The molecule has 1 aromatic rings. The number of aliphatic carboxylic acids is 1. The fourth-order valence-electron chi connectivity index (χ4n) is 2.14. The van der Waals surface area contributed by atoms with Crippen LogP contribution in [0, 0.1) is 5.82 Å². The molecule has 2 rings (SSSR count). The van der Waals surface area contributed by atoms with Gasteiger partial charge in [-0.2, -0.15) is 0 Å². The smallest absolute Gasteiger partial charge is 0.303 e. The van der Waals surface area contributed by atoms with Crippen LogP contribution in [0.5, 0.6) is 0 Å². The average Bonchev–Trinajstić information content (AvgIpc) is 2.24. The van der Waals surface area contributed by atoms with Crippen molar-refractivity contribution in [2.45, 2.75) is 18.8 Å². The van der Waals surface area contributed by atoms with Crippen LogP contribution in [0.1, 0.15) is 24.3 Å². The first-order valence-electron chi connectivity index (χ1n) is 5.27. The summed E-state index contributed by atoms with van der Waals surface area (Å²) in [6.07, 6.45) is 0.0413. The van der Waals surface area contributed by atoms with Crippen LogP contribution in [0.4, 0.5) is 10.1 Å². The Labute approximate surface area is 97.7 Å². The Hall–Kier alpha value is -1.91. The lowest BCUT2D eigenvalue weighted by atomic mass is 9.87. The van der Waals surface area contributed by atoms with Gasteiger partial charge in [0.15, 0.2) is 0 Å². The number of nitrogens with zero attached hydrogens (tertiary/aromatic N) is 1. The summed E-state index contributed by atoms with van der Waals surface area (Å²) in [4.78, 5) is 23.8. The van der Waals surface area contributed by atoms with Crippen LogP contribution in [0.15, 0.2) is 18.2 Å². The molecule has 1 aliphatic heterocycles. The van der Waals surface area contributed by atoms with Crippen LogP contribution in [-0.4, -0.2) is 24.0 Å². The quantitative estimate of drug-likeness (QED) is 0.852. The Morgan fingerprint density at radius 1 is 1.59 bits per heavy atom. The van der Waals surface area contributed by atoms with Crippen molar-refractivity contribution < 1.29 is 19.1 Å². The second-order valence-corrected chi connectivity index (χ2v) is 4.15. The summed E-state index contributed by atoms with van der Waals surface area (Å²) < 4.78 is 13.1. The summed E-state index contributed by atoms with van der Waals surface area (Å²) in [5.74, 6) is -1.94. The van der Waals surface area contributed by atoms with Crippen LogP contribution in [-0.2, 0) is 9.59 Å². The summed E-state index contributed by atoms with van der Waals surface area (Å²) >= 11 is 0. The Kier molecular flexibility index (Phi) is 2.83. The zero-order valence-corrected chi connectivity index (χ0v) is 9.31. The van der Waals surface area contributed by atoms with Crippen molar-refractivity contribution in [1.82, 2.24) is 0 Å². The standard InChI is InChI=1S/C12H12FNO3/c1-14-10-6-8(13)2-3-9(10)7(4-11(14)15)5-12(16)17/h2-3,6-7H,4-5H2,1H3,(H,16,17). The van der Waals surface area contributed by atoms with E-state index >= 15 is 0 Å². The van der Waals surface area contributed by atoms with E-state index in [1.807, 2.05) is 0 Å². The maximum atomic E-state index is 13.1. The van der Waals surface area contributed by atoms with E-state index in [0.29, 0.717) is 5.69 Å². The molecule has 1 atom stereocenters. The van der Waals surface area contributed by atoms with Crippen LogP contribution >= 0.6 is 0 Å². The second kappa shape index (κ2) is 4.16. The van der Waals surface area contributed by atoms with Crippen molar-refractivity contribution in [2.24, 2.45) is 0 Å². The van der Waals surface area contributed by atoms with Gasteiger partial charge in [-0.05, 0) is 17.7 Å². The fraction of sp³-hybridized carbons (Fsp3) is 0.333. The Morgan fingerprint density at radius 2 is 2.29 bits per heavy atom. The topological polar surface area (TPSA) is 57.6 Å². The minimum atomic E-state index is -0.956. The van der Waals surface area contributed by atoms with Crippen molar-refractivity contribution in [3.05, 3.63) is 29.6 Å². The number of carbonyl (C=O) groups is 2. The molecule has 0 bridgehead atoms. The monoisotopic (exact) mass is 237 g/mol. The van der Waals surface area contributed by atoms with Gasteiger partial charge < -0.3 is 10.0 Å². The molecule has 0 aromatic heterocycles. The average molecular weight is 237 g/mol. The molecule has 1 amide bonds. The first kappa shape index (κ1) is 11.6. The van der Waals surface area contributed by atoms with Gasteiger partial charge in [0.05, 0.1) is 6.42 Å². The molecule has 4 nitrogen and oxygen atoms in total. The minimum absolute atomic E-state index is 0.113. The number of carbonyl (C=O) groups excluding carboxylic acids is 1. The number of hydrogen-bond donors (Lipinski definition) is 1. The lowest BCUT2D eigenvalue weighted by Gasteiger charge is -2.30. The Morgan fingerprint density at radius 3 is 2.94 bits per heavy atom. The molecule has 0 fully saturated rings. The summed E-state index contributed by atoms with van der Waals surface area (Å²) in [6, 6.07) is 4.11. The third-order valence-corrected chi connectivity index (χ3v) is 3.01. The first-order valence-corrected chi connectivity index (χ1v) is 5.27. The lowest BCUT2D eigenvalue weighted by Crippen LogP contribution is -2.33. The van der Waals surface area contributed by atoms with E-state index in [2.05, 4.69) is 0 Å². The van der Waals surface area contributed by atoms with Gasteiger partial charge >= 0.3 is 5.97 Å². The molecular weight excluding hydrogens is 225 g/mol. The second-order valence-electron chi connectivity index (χ2n) is 4.15. The molecule has 1 N–H and O–H groups in total. The van der Waals surface area contributed by atoms with Gasteiger partial charge in [-0.3, -0.25) is 9.59 Å². The van der Waals surface area contributed by atoms with E-state index in [1.54, 1.807) is 13.1 Å². The normalized spacial score (nSPS) is 19.1. The molecule has 0 aliphatic carbocycles. The highest BCUT2D eigenvalue weighted by atomic mass is 19.1. The molecular formula is C12H12FNO3. The van der Waals surface area contributed by atoms with E-state index in [1.165, 1.54) is 17.0 Å². The van der Waals surface area contributed by atoms with Gasteiger partial charge in [-0.15, -0.1) is 0 Å². The summed E-state index contributed by atoms with van der Waals surface area (Å²) in [5.41, 5.74) is 1.18. The number of benzene rings is 1. The predicted octanol–water partition coefficient (Wildman–Crippen LogP) is 1.75. The van der Waals surface area contributed by atoms with Crippen LogP contribution in [0.2, 0.25) is 0 Å². The highest BCUT2D eigenvalue weighted by Crippen LogP contribution is 2.37. The molecule has 0 saturated heterocycles. The number of anilines is 1. The fourth-order valence-corrected chi connectivity index (χ4v) is 2.14. The van der Waals surface area contributed by atoms with Gasteiger partial charge in [0, 0.05) is 25.1 Å². The van der Waals surface area contributed by atoms with Gasteiger partial charge in [-0.25, -0.2) is 4.39 Å². The molecule has 0 spiro atoms. The third kappa shape index (κ3) is 2.13. The highest BCUT2D eigenvalue weighted by Gasteiger charge is 2.30. The molecule has 1 heterocycles. The van der Waals surface area contributed by atoms with E-state index in [-0.39, 0.29) is 24.7 Å². The molecule has 17 heavy (non-hydrogen) atoms. The number of carboxylic acid groups (broad SMARTS) is 1. The number of amides is 1. The van der Waals surface area contributed by atoms with Crippen molar-refractivity contribution in [3.8, 4) is 0 Å². The lowest BCUT2D eigenvalue weighted by molar-refractivity contribution is -0.137. The third-order valence-electron chi connectivity index (χ3n) is 3.01. The van der Waals surface area contributed by atoms with Gasteiger partial charge in [0.25, 0.3) is 0 Å². The molecule has 90 valence electrons. The van der Waals surface area contributed by atoms with E-state index in [0.717, 1.165) is 5.56 Å². The maximum Gasteiger partial charge on any atom is 0.303 e. The van der Waals surface area contributed by atoms with Gasteiger partial charge in [-0.1, -0.05) is 6.07 Å². The first-order chi connectivity index (χ1) is 7.99. The van der Waals surface area contributed by atoms with Crippen molar-refractivity contribution in [3.63, 3.8) is 0 Å². The minimum Gasteiger partial charge on any atom is -0.481 e. The van der Waals surface area contributed by atoms with Gasteiger partial charge in [0.2, 0.25) is 5.91 Å². The van der Waals surface area contributed by atoms with Crippen molar-refractivity contribution in [2.75, 3.05) is 11.9 Å². The maximum absolute atomic E-state index is 13.1. The summed E-state index contributed by atoms with van der Waals surface area (Å²) in [7, 11) is 1.57. The largest absolute Gasteiger partial charge is 0.481 e. The van der Waals surface area contributed by atoms with Gasteiger partial charge in [0.1, 0.15) is 5.82 Å². The number of fused-ring (bicyclic) bond motifs is 1. The van der Waals surface area contributed by atoms with Crippen LogP contribution < -0.4 is 4.90 Å². The number of hydrogen-bond acceptors (Lipinski definition) is 2.